The molecule has 10 heteroatoms. The van der Waals surface area contributed by atoms with Crippen LogP contribution in [0.3, 0.4) is 0 Å². The molecule has 0 saturated heterocycles. The van der Waals surface area contributed by atoms with Gasteiger partial charge in [-0.3, -0.25) is 9.78 Å². The lowest BCUT2D eigenvalue weighted by Gasteiger charge is -2.34. The van der Waals surface area contributed by atoms with E-state index in [0.29, 0.717) is 23.5 Å². The first-order valence-electron chi connectivity index (χ1n) is 12.0. The Morgan fingerprint density at radius 1 is 1.08 bits per heavy atom. The highest BCUT2D eigenvalue weighted by molar-refractivity contribution is 5.83. The molecular formula is C27H34F3N3O4. The summed E-state index contributed by atoms with van der Waals surface area (Å²) in [5, 5.41) is 0.811. The molecule has 3 aromatic rings. The van der Waals surface area contributed by atoms with Crippen LogP contribution in [-0.2, 0) is 9.53 Å². The summed E-state index contributed by atoms with van der Waals surface area (Å²) in [6.45, 7) is 5.99. The highest BCUT2D eigenvalue weighted by Gasteiger charge is 2.39. The van der Waals surface area contributed by atoms with Crippen molar-refractivity contribution >= 4 is 16.9 Å². The van der Waals surface area contributed by atoms with Crippen molar-refractivity contribution in [2.45, 2.75) is 58.3 Å². The fourth-order valence-corrected chi connectivity index (χ4v) is 3.81. The van der Waals surface area contributed by atoms with Crippen LogP contribution in [0.4, 0.5) is 13.2 Å². The van der Waals surface area contributed by atoms with Crippen LogP contribution in [0.2, 0.25) is 0 Å². The summed E-state index contributed by atoms with van der Waals surface area (Å²) in [6.07, 6.45) is -1.97. The molecule has 0 amide bonds. The number of fused-ring (bicyclic) bond motifs is 1. The van der Waals surface area contributed by atoms with E-state index in [1.54, 1.807) is 64.4 Å². The largest absolute Gasteiger partial charge is 0.493 e. The van der Waals surface area contributed by atoms with E-state index in [0.717, 1.165) is 10.9 Å². The summed E-state index contributed by atoms with van der Waals surface area (Å²) in [5.41, 5.74) is 11.7. The second-order valence-corrected chi connectivity index (χ2v) is 10.7. The Morgan fingerprint density at radius 2 is 1.81 bits per heavy atom. The fourth-order valence-electron chi connectivity index (χ4n) is 3.81. The minimum Gasteiger partial charge on any atom is -0.493 e. The fraction of sp³-hybridized carbons (Fsp3) is 0.481. The van der Waals surface area contributed by atoms with Gasteiger partial charge in [0.2, 0.25) is 0 Å². The molecule has 202 valence electrons. The van der Waals surface area contributed by atoms with E-state index in [-0.39, 0.29) is 6.61 Å². The minimum atomic E-state index is -4.46. The molecule has 0 aliphatic carbocycles. The van der Waals surface area contributed by atoms with Crippen molar-refractivity contribution < 1.29 is 31.9 Å². The average Bonchev–Trinajstić information content (AvgIpc) is 3.22. The zero-order valence-corrected chi connectivity index (χ0v) is 21.5. The molecular weight excluding hydrogens is 487 g/mol. The summed E-state index contributed by atoms with van der Waals surface area (Å²) < 4.78 is 56.5. The van der Waals surface area contributed by atoms with Gasteiger partial charge in [0.15, 0.2) is 0 Å². The van der Waals surface area contributed by atoms with E-state index in [2.05, 4.69) is 4.98 Å². The smallest absolute Gasteiger partial charge is 0.389 e. The first-order valence-corrected chi connectivity index (χ1v) is 12.0. The van der Waals surface area contributed by atoms with Gasteiger partial charge in [-0.05, 0) is 64.4 Å². The zero-order valence-electron chi connectivity index (χ0n) is 21.5. The van der Waals surface area contributed by atoms with E-state index < -0.39 is 48.1 Å². The third kappa shape index (κ3) is 8.19. The number of carbonyl (C=O) groups excluding carboxylic acids is 1. The van der Waals surface area contributed by atoms with E-state index in [9.17, 15) is 18.0 Å². The number of ether oxygens (including phenoxy) is 2. The molecule has 0 radical (unpaired) electrons. The van der Waals surface area contributed by atoms with Gasteiger partial charge in [0.1, 0.15) is 17.1 Å². The van der Waals surface area contributed by atoms with Crippen molar-refractivity contribution in [3.63, 3.8) is 0 Å². The van der Waals surface area contributed by atoms with Gasteiger partial charge in [-0.1, -0.05) is 0 Å². The summed E-state index contributed by atoms with van der Waals surface area (Å²) >= 11 is 0. The average molecular weight is 522 g/mol. The van der Waals surface area contributed by atoms with Gasteiger partial charge in [-0.15, -0.1) is 0 Å². The van der Waals surface area contributed by atoms with Crippen LogP contribution in [0.15, 0.2) is 53.2 Å². The Morgan fingerprint density at radius 3 is 2.43 bits per heavy atom. The maximum absolute atomic E-state index is 13.2. The summed E-state index contributed by atoms with van der Waals surface area (Å²) in [5.74, 6) is -0.844. The molecule has 0 aliphatic heterocycles. The molecule has 4 N–H and O–H groups in total. The second-order valence-electron chi connectivity index (χ2n) is 10.7. The van der Waals surface area contributed by atoms with Crippen molar-refractivity contribution in [3.8, 4) is 17.1 Å². The molecule has 0 bridgehead atoms. The summed E-state index contributed by atoms with van der Waals surface area (Å²) in [6, 6.07) is 9.89. The lowest BCUT2D eigenvalue weighted by Crippen LogP contribution is -2.50. The van der Waals surface area contributed by atoms with E-state index in [4.69, 9.17) is 25.4 Å². The first kappa shape index (κ1) is 28.5. The maximum Gasteiger partial charge on any atom is 0.389 e. The number of halogens is 3. The van der Waals surface area contributed by atoms with Crippen molar-refractivity contribution in [2.75, 3.05) is 13.2 Å². The number of furan rings is 1. The van der Waals surface area contributed by atoms with Crippen LogP contribution < -0.4 is 16.2 Å². The van der Waals surface area contributed by atoms with Gasteiger partial charge in [0.05, 0.1) is 25.0 Å². The molecule has 1 aromatic carbocycles. The molecule has 3 rings (SSSR count). The molecule has 2 heterocycles. The van der Waals surface area contributed by atoms with Crippen LogP contribution >= 0.6 is 0 Å². The Kier molecular flexibility index (Phi) is 8.54. The van der Waals surface area contributed by atoms with Crippen molar-refractivity contribution in [2.24, 2.45) is 22.8 Å². The predicted molar refractivity (Wildman–Crippen MR) is 135 cm³/mol. The maximum atomic E-state index is 13.2. The van der Waals surface area contributed by atoms with Crippen LogP contribution in [0.25, 0.3) is 22.3 Å². The Balaban J connectivity index is 1.66. The van der Waals surface area contributed by atoms with Crippen LogP contribution in [0.1, 0.15) is 40.5 Å². The Labute approximate surface area is 214 Å². The highest BCUT2D eigenvalue weighted by atomic mass is 19.4. The molecule has 0 spiro atoms. The molecule has 2 atom stereocenters. The quantitative estimate of drug-likeness (QED) is 0.322. The number of rotatable bonds is 11. The zero-order chi connectivity index (χ0) is 27.4. The van der Waals surface area contributed by atoms with Crippen molar-refractivity contribution in [1.82, 2.24) is 4.98 Å². The molecule has 0 fully saturated rings. The number of hydrogen-bond donors (Lipinski definition) is 2. The second kappa shape index (κ2) is 11.1. The van der Waals surface area contributed by atoms with Gasteiger partial charge in [0, 0.05) is 46.9 Å². The van der Waals surface area contributed by atoms with Crippen LogP contribution in [0, 0.1) is 11.3 Å². The van der Waals surface area contributed by atoms with Gasteiger partial charge in [-0.2, -0.15) is 13.2 Å². The van der Waals surface area contributed by atoms with E-state index in [1.165, 1.54) is 0 Å². The minimum absolute atomic E-state index is 0.309. The number of carbonyl (C=O) groups is 1. The Bertz CT molecular complexity index is 1190. The standard InChI is InChI=1S/C27H34F3N3O4/c1-25(2,32)13-23(31)26(3,4)24(34)36-16-17(12-27(28,29)30)15-35-20-8-7-18-10-21(37-22(18)11-20)19-6-5-9-33-14-19/h5-11,14,17,23H,12-13,15-16,31-32H2,1-4H3. The third-order valence-electron chi connectivity index (χ3n) is 6.09. The van der Waals surface area contributed by atoms with Gasteiger partial charge in [-0.25, -0.2) is 0 Å². The summed E-state index contributed by atoms with van der Waals surface area (Å²) in [7, 11) is 0. The highest BCUT2D eigenvalue weighted by Crippen LogP contribution is 2.32. The molecule has 7 nitrogen and oxygen atoms in total. The summed E-state index contributed by atoms with van der Waals surface area (Å²) in [4.78, 5) is 16.8. The molecule has 0 saturated carbocycles. The molecule has 37 heavy (non-hydrogen) atoms. The van der Waals surface area contributed by atoms with Crippen LogP contribution in [-0.4, -0.2) is 41.9 Å². The van der Waals surface area contributed by atoms with Crippen LogP contribution in [0.5, 0.6) is 5.75 Å². The number of nitrogens with two attached hydrogens (primary N) is 2. The number of pyridine rings is 1. The molecule has 2 unspecified atom stereocenters. The predicted octanol–water partition coefficient (Wildman–Crippen LogP) is 5.47. The monoisotopic (exact) mass is 521 g/mol. The van der Waals surface area contributed by atoms with Crippen molar-refractivity contribution in [3.05, 3.63) is 48.8 Å². The number of nitrogens with zero attached hydrogens (tertiary/aromatic N) is 1. The lowest BCUT2D eigenvalue weighted by molar-refractivity contribution is -0.166. The lowest BCUT2D eigenvalue weighted by atomic mass is 9.79. The van der Waals surface area contributed by atoms with Gasteiger partial charge < -0.3 is 25.4 Å². The topological polar surface area (TPSA) is 114 Å². The number of benzene rings is 1. The number of aromatic nitrogens is 1. The normalized spacial score (nSPS) is 14.4. The molecule has 0 aliphatic rings. The number of hydrogen-bond acceptors (Lipinski definition) is 7. The number of alkyl halides is 3. The van der Waals surface area contributed by atoms with Gasteiger partial charge in [0.25, 0.3) is 0 Å². The van der Waals surface area contributed by atoms with E-state index in [1.807, 2.05) is 12.1 Å². The third-order valence-corrected chi connectivity index (χ3v) is 6.09. The van der Waals surface area contributed by atoms with Gasteiger partial charge >= 0.3 is 12.1 Å². The van der Waals surface area contributed by atoms with E-state index >= 15 is 0 Å². The Hall–Kier alpha value is -3.11. The number of esters is 1. The first-order chi connectivity index (χ1) is 17.1. The van der Waals surface area contributed by atoms with Crippen molar-refractivity contribution in [1.29, 1.82) is 0 Å². The SMILES string of the molecule is CC(C)(N)CC(N)C(C)(C)C(=O)OCC(COc1ccc2cc(-c3cccnc3)oc2c1)CC(F)(F)F. The molecule has 2 aromatic heterocycles.